The smallest absolute Gasteiger partial charge is 0.207 e. The fraction of sp³-hybridized carbons (Fsp3) is 0. The third kappa shape index (κ3) is 5.78. The van der Waals surface area contributed by atoms with Crippen LogP contribution in [0.4, 0.5) is 17.1 Å². The van der Waals surface area contributed by atoms with Gasteiger partial charge in [0.1, 0.15) is 0 Å². The highest BCUT2D eigenvalue weighted by Crippen LogP contribution is 2.49. The Kier molecular flexibility index (Phi) is 8.17. The molecule has 5 heteroatoms. The molecule has 1 aromatic heterocycles. The summed E-state index contributed by atoms with van der Waals surface area (Å²) in [7, 11) is -3.72. The first kappa shape index (κ1) is 34.8. The van der Waals surface area contributed by atoms with E-state index in [1.54, 1.807) is 12.1 Å². The molecule has 0 N–H and O–H groups in total. The Morgan fingerprint density at radius 1 is 0.356 bits per heavy atom. The summed E-state index contributed by atoms with van der Waals surface area (Å²) in [5.74, 6) is 0. The molecule has 0 unspecified atom stereocenters. The lowest BCUT2D eigenvalue weighted by atomic mass is 9.96. The highest BCUT2D eigenvalue weighted by Gasteiger charge is 2.33. The second kappa shape index (κ2) is 13.9. The van der Waals surface area contributed by atoms with Crippen molar-refractivity contribution in [3.63, 3.8) is 0 Å². The molecule has 0 bridgehead atoms. The molecule has 59 heavy (non-hydrogen) atoms. The monoisotopic (exact) mass is 776 g/mol. The van der Waals surface area contributed by atoms with Gasteiger partial charge in [-0.1, -0.05) is 152 Å². The van der Waals surface area contributed by atoms with Gasteiger partial charge in [-0.15, -0.1) is 0 Å². The summed E-state index contributed by atoms with van der Waals surface area (Å²) in [5.41, 5.74) is 13.8. The van der Waals surface area contributed by atoms with E-state index in [-0.39, 0.29) is 0 Å². The van der Waals surface area contributed by atoms with Gasteiger partial charge in [-0.2, -0.15) is 0 Å². The van der Waals surface area contributed by atoms with Crippen LogP contribution in [0.15, 0.2) is 228 Å². The number of hydrogen-bond acceptors (Lipinski definition) is 3. The molecule has 4 nitrogen and oxygen atoms in total. The van der Waals surface area contributed by atoms with Crippen molar-refractivity contribution in [3.05, 3.63) is 218 Å². The lowest BCUT2D eigenvalue weighted by Gasteiger charge is -2.29. The Morgan fingerprint density at radius 3 is 1.51 bits per heavy atom. The zero-order chi connectivity index (χ0) is 39.5. The van der Waals surface area contributed by atoms with E-state index in [2.05, 4.69) is 173 Å². The van der Waals surface area contributed by atoms with Crippen LogP contribution in [-0.2, 0) is 9.84 Å². The summed E-state index contributed by atoms with van der Waals surface area (Å²) in [5, 5.41) is 2.19. The summed E-state index contributed by atoms with van der Waals surface area (Å²) in [6.07, 6.45) is 0. The van der Waals surface area contributed by atoms with E-state index < -0.39 is 9.84 Å². The van der Waals surface area contributed by atoms with Crippen LogP contribution < -0.4 is 4.90 Å². The molecular formula is C54H36N2O2S. The number of rotatable bonds is 7. The highest BCUT2D eigenvalue weighted by molar-refractivity contribution is 7.92. The summed E-state index contributed by atoms with van der Waals surface area (Å²) < 4.78 is 30.6. The third-order valence-corrected chi connectivity index (χ3v) is 13.4. The molecule has 2 heterocycles. The summed E-state index contributed by atoms with van der Waals surface area (Å²) in [4.78, 5) is 2.99. The van der Waals surface area contributed by atoms with E-state index in [0.29, 0.717) is 9.79 Å². The molecule has 0 aliphatic carbocycles. The van der Waals surface area contributed by atoms with Gasteiger partial charge in [0.2, 0.25) is 9.84 Å². The minimum Gasteiger partial charge on any atom is -0.310 e. The fourth-order valence-electron chi connectivity index (χ4n) is 8.75. The van der Waals surface area contributed by atoms with Gasteiger partial charge in [-0.25, -0.2) is 8.42 Å². The minimum absolute atomic E-state index is 0.333. The van der Waals surface area contributed by atoms with Gasteiger partial charge in [0.05, 0.1) is 26.5 Å². The van der Waals surface area contributed by atoms with Crippen molar-refractivity contribution >= 4 is 48.7 Å². The number of aromatic nitrogens is 1. The normalized spacial score (nSPS) is 12.7. The number of anilines is 3. The van der Waals surface area contributed by atoms with Crippen molar-refractivity contribution < 1.29 is 8.42 Å². The second-order valence-electron chi connectivity index (χ2n) is 14.9. The van der Waals surface area contributed by atoms with Gasteiger partial charge in [0.15, 0.2) is 0 Å². The van der Waals surface area contributed by atoms with Crippen LogP contribution >= 0.6 is 0 Å². The lowest BCUT2D eigenvalue weighted by Crippen LogP contribution is -2.12. The highest BCUT2D eigenvalue weighted by atomic mass is 32.2. The van der Waals surface area contributed by atoms with Crippen LogP contribution in [0.1, 0.15) is 0 Å². The predicted molar refractivity (Wildman–Crippen MR) is 243 cm³/mol. The lowest BCUT2D eigenvalue weighted by molar-refractivity contribution is 0.598. The minimum atomic E-state index is -3.72. The van der Waals surface area contributed by atoms with E-state index in [0.717, 1.165) is 89.1 Å². The standard InChI is InChI=1S/C54H36N2O2S/c57-59(58)53-23-13-11-21-46(53)47-33-28-41(34-54(47)59)48-35-49-45-20-10-12-22-50(45)56(42-18-8-3-9-19-42)52(49)36-51(48)55(43-29-24-39(25-30-43)37-14-4-1-5-15-37)44-31-26-40(27-32-44)38-16-6-2-7-17-38/h1-36H. The zero-order valence-corrected chi connectivity index (χ0v) is 32.7. The molecule has 1 aliphatic rings. The second-order valence-corrected chi connectivity index (χ2v) is 16.8. The van der Waals surface area contributed by atoms with Gasteiger partial charge in [-0.05, 0) is 94.5 Å². The van der Waals surface area contributed by atoms with Crippen LogP contribution in [0, 0.1) is 0 Å². The van der Waals surface area contributed by atoms with Gasteiger partial charge in [0, 0.05) is 44.5 Å². The molecule has 0 fully saturated rings. The Labute approximate surface area is 343 Å². The van der Waals surface area contributed by atoms with E-state index in [1.165, 1.54) is 0 Å². The Hall–Kier alpha value is -7.47. The van der Waals surface area contributed by atoms with Gasteiger partial charge >= 0.3 is 0 Å². The molecule has 280 valence electrons. The molecule has 1 aliphatic heterocycles. The Bertz CT molecular complexity index is 3220. The van der Waals surface area contributed by atoms with Gasteiger partial charge in [-0.3, -0.25) is 0 Å². The van der Waals surface area contributed by atoms with E-state index in [4.69, 9.17) is 0 Å². The first-order chi connectivity index (χ1) is 29.0. The van der Waals surface area contributed by atoms with Crippen molar-refractivity contribution in [1.82, 2.24) is 4.57 Å². The van der Waals surface area contributed by atoms with Gasteiger partial charge < -0.3 is 9.47 Å². The largest absolute Gasteiger partial charge is 0.310 e. The molecule has 0 radical (unpaired) electrons. The SMILES string of the molecule is O=S1(=O)c2ccccc2-c2ccc(-c3cc4c5ccccc5n(-c5ccccc5)c4cc3N(c3ccc(-c4ccccc4)cc3)c3ccc(-c4ccccc4)cc3)cc21. The molecule has 0 amide bonds. The predicted octanol–water partition coefficient (Wildman–Crippen LogP) is 14.1. The van der Waals surface area contributed by atoms with Crippen molar-refractivity contribution in [2.75, 3.05) is 4.90 Å². The molecule has 0 saturated carbocycles. The fourth-order valence-corrected chi connectivity index (χ4v) is 10.5. The number of sulfone groups is 1. The Balaban J connectivity index is 1.20. The molecular weight excluding hydrogens is 741 g/mol. The van der Waals surface area contributed by atoms with Gasteiger partial charge in [0.25, 0.3) is 0 Å². The van der Waals surface area contributed by atoms with Crippen molar-refractivity contribution in [2.24, 2.45) is 0 Å². The summed E-state index contributed by atoms with van der Waals surface area (Å²) in [6, 6.07) is 75.0. The van der Waals surface area contributed by atoms with E-state index in [1.807, 2.05) is 42.5 Å². The van der Waals surface area contributed by atoms with Crippen LogP contribution in [0.5, 0.6) is 0 Å². The summed E-state index contributed by atoms with van der Waals surface area (Å²) >= 11 is 0. The zero-order valence-electron chi connectivity index (χ0n) is 31.9. The molecule has 11 rings (SSSR count). The number of hydrogen-bond donors (Lipinski definition) is 0. The summed E-state index contributed by atoms with van der Waals surface area (Å²) in [6.45, 7) is 0. The maximum Gasteiger partial charge on any atom is 0.207 e. The van der Waals surface area contributed by atoms with E-state index in [9.17, 15) is 8.42 Å². The molecule has 0 saturated heterocycles. The topological polar surface area (TPSA) is 42.3 Å². The number of para-hydroxylation sites is 2. The first-order valence-corrected chi connectivity index (χ1v) is 21.2. The molecule has 10 aromatic rings. The molecule has 0 atom stereocenters. The first-order valence-electron chi connectivity index (χ1n) is 19.8. The average Bonchev–Trinajstić information content (AvgIpc) is 3.75. The maximum atomic E-state index is 14.2. The van der Waals surface area contributed by atoms with Crippen LogP contribution in [0.2, 0.25) is 0 Å². The average molecular weight is 777 g/mol. The number of fused-ring (bicyclic) bond motifs is 6. The van der Waals surface area contributed by atoms with Crippen molar-refractivity contribution in [3.8, 4) is 50.2 Å². The third-order valence-electron chi connectivity index (χ3n) is 11.6. The number of nitrogens with zero attached hydrogens (tertiary/aromatic N) is 2. The number of benzene rings is 9. The van der Waals surface area contributed by atoms with Crippen molar-refractivity contribution in [2.45, 2.75) is 9.79 Å². The van der Waals surface area contributed by atoms with E-state index >= 15 is 0 Å². The van der Waals surface area contributed by atoms with Crippen molar-refractivity contribution in [1.29, 1.82) is 0 Å². The Morgan fingerprint density at radius 2 is 0.864 bits per heavy atom. The van der Waals surface area contributed by atoms with Crippen LogP contribution in [0.25, 0.3) is 72.0 Å². The molecule has 9 aromatic carbocycles. The molecule has 0 spiro atoms. The quantitative estimate of drug-likeness (QED) is 0.162. The maximum absolute atomic E-state index is 14.2. The van der Waals surface area contributed by atoms with Crippen LogP contribution in [0.3, 0.4) is 0 Å². The van der Waals surface area contributed by atoms with Crippen LogP contribution in [-0.4, -0.2) is 13.0 Å².